The van der Waals surface area contributed by atoms with Crippen molar-refractivity contribution in [3.05, 3.63) is 12.7 Å². The second kappa shape index (κ2) is 12.6. The molecule has 0 amide bonds. The van der Waals surface area contributed by atoms with Crippen LogP contribution >= 0.6 is 0 Å². The first-order chi connectivity index (χ1) is 14.3. The van der Waals surface area contributed by atoms with Gasteiger partial charge in [-0.1, -0.05) is 51.9 Å². The van der Waals surface area contributed by atoms with E-state index in [1.165, 1.54) is 76.9 Å². The van der Waals surface area contributed by atoms with Gasteiger partial charge in [-0.05, 0) is 59.3 Å². The molecule has 1 saturated heterocycles. The number of piperidine rings is 1. The summed E-state index contributed by atoms with van der Waals surface area (Å²) in [5.74, 6) is 1.42. The number of hydrogen-bond donors (Lipinski definition) is 1. The van der Waals surface area contributed by atoms with Crippen LogP contribution in [-0.4, -0.2) is 44.2 Å². The summed E-state index contributed by atoms with van der Waals surface area (Å²) in [5, 5.41) is 5.60. The van der Waals surface area contributed by atoms with Gasteiger partial charge in [0.15, 0.2) is 0 Å². The monoisotopic (exact) mass is 419 g/mol. The molecule has 6 heteroatoms. The second-order valence-corrected chi connectivity index (χ2v) is 10.2. The van der Waals surface area contributed by atoms with Gasteiger partial charge in [-0.3, -0.25) is 4.84 Å². The summed E-state index contributed by atoms with van der Waals surface area (Å²) in [7, 11) is 0. The molecule has 1 fully saturated rings. The van der Waals surface area contributed by atoms with E-state index in [1.807, 2.05) is 0 Å². The van der Waals surface area contributed by atoms with Crippen molar-refractivity contribution in [1.29, 1.82) is 0 Å². The highest BCUT2D eigenvalue weighted by Crippen LogP contribution is 2.43. The van der Waals surface area contributed by atoms with Gasteiger partial charge in [-0.25, -0.2) is 15.0 Å². The minimum absolute atomic E-state index is 0.0811. The average Bonchev–Trinajstić information content (AvgIpc) is 2.68. The number of aromatic nitrogens is 3. The van der Waals surface area contributed by atoms with Crippen molar-refractivity contribution < 1.29 is 4.84 Å². The third-order valence-electron chi connectivity index (χ3n) is 6.21. The number of nitrogens with one attached hydrogen (secondary N) is 1. The van der Waals surface area contributed by atoms with E-state index in [2.05, 4.69) is 60.0 Å². The van der Waals surface area contributed by atoms with E-state index in [4.69, 9.17) is 4.84 Å². The Labute approximate surface area is 184 Å². The minimum atomic E-state index is 0.0811. The van der Waals surface area contributed by atoms with Gasteiger partial charge in [0, 0.05) is 17.6 Å². The molecule has 1 aliphatic rings. The summed E-state index contributed by atoms with van der Waals surface area (Å²) in [5.41, 5.74) is 0.162. The lowest BCUT2D eigenvalue weighted by molar-refractivity contribution is -0.288. The zero-order chi connectivity index (χ0) is 21.9. The first-order valence-corrected chi connectivity index (χ1v) is 12.1. The van der Waals surface area contributed by atoms with Gasteiger partial charge in [0.2, 0.25) is 5.95 Å². The summed E-state index contributed by atoms with van der Waals surface area (Å²) in [4.78, 5) is 18.4. The molecule has 2 rings (SSSR count). The summed E-state index contributed by atoms with van der Waals surface area (Å²) in [6.07, 6.45) is 16.9. The van der Waals surface area contributed by atoms with Gasteiger partial charge >= 0.3 is 0 Å². The average molecular weight is 420 g/mol. The van der Waals surface area contributed by atoms with E-state index in [0.717, 1.165) is 25.5 Å². The molecule has 30 heavy (non-hydrogen) atoms. The Morgan fingerprint density at radius 2 is 1.57 bits per heavy atom. The van der Waals surface area contributed by atoms with Crippen molar-refractivity contribution in [2.45, 2.75) is 116 Å². The molecule has 0 bridgehead atoms. The lowest BCUT2D eigenvalue weighted by atomic mass is 9.73. The number of hydrogen-bond acceptors (Lipinski definition) is 6. The molecule has 0 radical (unpaired) electrons. The smallest absolute Gasteiger partial charge is 0.225 e. The van der Waals surface area contributed by atoms with Crippen LogP contribution in [0.15, 0.2) is 12.7 Å². The molecule has 0 saturated carbocycles. The van der Waals surface area contributed by atoms with E-state index in [9.17, 15) is 0 Å². The maximum absolute atomic E-state index is 6.36. The SMILES string of the molecule is CCCCCCCCON1C(C)(C)CC(CCCCNc2ncncn2)CC1(C)C. The molecule has 6 nitrogen and oxygen atoms in total. The fraction of sp³-hybridized carbons (Fsp3) is 0.875. The molecule has 0 unspecified atom stereocenters. The van der Waals surface area contributed by atoms with Gasteiger partial charge < -0.3 is 5.32 Å². The summed E-state index contributed by atoms with van der Waals surface area (Å²) >= 11 is 0. The van der Waals surface area contributed by atoms with Crippen LogP contribution < -0.4 is 5.32 Å². The standard InChI is InChI=1S/C24H45N5O/c1-6-7-8-9-10-13-16-30-29-23(2,3)17-21(18-24(29,4)5)14-11-12-15-26-22-27-19-25-20-28-22/h19-21H,6-18H2,1-5H3,(H,25,26,27,28). The third-order valence-corrected chi connectivity index (χ3v) is 6.21. The zero-order valence-electron chi connectivity index (χ0n) is 20.1. The topological polar surface area (TPSA) is 63.2 Å². The fourth-order valence-electron chi connectivity index (χ4n) is 5.15. The third kappa shape index (κ3) is 8.46. The molecule has 172 valence electrons. The second-order valence-electron chi connectivity index (χ2n) is 10.2. The number of unbranched alkanes of at least 4 members (excludes halogenated alkanes) is 6. The fourth-order valence-corrected chi connectivity index (χ4v) is 5.15. The van der Waals surface area contributed by atoms with Crippen LogP contribution in [0.25, 0.3) is 0 Å². The maximum atomic E-state index is 6.36. The van der Waals surface area contributed by atoms with Crippen molar-refractivity contribution in [3.8, 4) is 0 Å². The molecule has 1 aromatic heterocycles. The Kier molecular flexibility index (Phi) is 10.5. The Balaban J connectivity index is 1.68. The van der Waals surface area contributed by atoms with E-state index < -0.39 is 0 Å². The van der Waals surface area contributed by atoms with Crippen LogP contribution in [0, 0.1) is 5.92 Å². The largest absolute Gasteiger partial charge is 0.354 e. The first-order valence-electron chi connectivity index (χ1n) is 12.1. The van der Waals surface area contributed by atoms with Gasteiger partial charge in [-0.15, -0.1) is 0 Å². The quantitative estimate of drug-likeness (QED) is 0.372. The molecule has 1 N–H and O–H groups in total. The van der Waals surface area contributed by atoms with Crippen LogP contribution in [-0.2, 0) is 4.84 Å². The van der Waals surface area contributed by atoms with Crippen molar-refractivity contribution in [1.82, 2.24) is 20.0 Å². The van der Waals surface area contributed by atoms with E-state index in [1.54, 1.807) is 0 Å². The van der Waals surface area contributed by atoms with E-state index in [0.29, 0.717) is 5.95 Å². The number of anilines is 1. The lowest BCUT2D eigenvalue weighted by Crippen LogP contribution is -2.60. The number of rotatable bonds is 14. The van der Waals surface area contributed by atoms with Gasteiger partial charge in [0.1, 0.15) is 12.7 Å². The summed E-state index contributed by atoms with van der Waals surface area (Å²) in [6.45, 7) is 13.4. The summed E-state index contributed by atoms with van der Waals surface area (Å²) in [6, 6.07) is 0. The van der Waals surface area contributed by atoms with Crippen molar-refractivity contribution in [2.75, 3.05) is 18.5 Å². The van der Waals surface area contributed by atoms with Crippen molar-refractivity contribution in [3.63, 3.8) is 0 Å². The van der Waals surface area contributed by atoms with Gasteiger partial charge in [0.25, 0.3) is 0 Å². The molecule has 0 aliphatic carbocycles. The van der Waals surface area contributed by atoms with Crippen molar-refractivity contribution in [2.24, 2.45) is 5.92 Å². The Hall–Kier alpha value is -1.27. The maximum Gasteiger partial charge on any atom is 0.225 e. The molecule has 1 aliphatic heterocycles. The van der Waals surface area contributed by atoms with Crippen LogP contribution in [0.5, 0.6) is 0 Å². The highest BCUT2D eigenvalue weighted by Gasteiger charge is 2.46. The molecular formula is C24H45N5O. The zero-order valence-corrected chi connectivity index (χ0v) is 20.1. The molecule has 0 aromatic carbocycles. The Bertz CT molecular complexity index is 560. The number of hydroxylamine groups is 2. The van der Waals surface area contributed by atoms with Crippen molar-refractivity contribution >= 4 is 5.95 Å². The van der Waals surface area contributed by atoms with Crippen LogP contribution in [0.3, 0.4) is 0 Å². The first kappa shape index (κ1) is 25.0. The molecule has 0 spiro atoms. The highest BCUT2D eigenvalue weighted by molar-refractivity contribution is 5.19. The van der Waals surface area contributed by atoms with Gasteiger partial charge in [-0.2, -0.15) is 5.06 Å². The molecular weight excluding hydrogens is 374 g/mol. The van der Waals surface area contributed by atoms with Gasteiger partial charge in [0.05, 0.1) is 6.61 Å². The van der Waals surface area contributed by atoms with Crippen LogP contribution in [0.1, 0.15) is 105 Å². The number of nitrogens with zero attached hydrogens (tertiary/aromatic N) is 4. The van der Waals surface area contributed by atoms with Crippen LogP contribution in [0.4, 0.5) is 5.95 Å². The Morgan fingerprint density at radius 1 is 0.933 bits per heavy atom. The lowest BCUT2D eigenvalue weighted by Gasteiger charge is -2.54. The van der Waals surface area contributed by atoms with E-state index in [-0.39, 0.29) is 11.1 Å². The predicted molar refractivity (Wildman–Crippen MR) is 124 cm³/mol. The predicted octanol–water partition coefficient (Wildman–Crippen LogP) is 6.02. The van der Waals surface area contributed by atoms with Crippen LogP contribution in [0.2, 0.25) is 0 Å². The molecule has 0 atom stereocenters. The normalized spacial score (nSPS) is 19.1. The minimum Gasteiger partial charge on any atom is -0.354 e. The molecule has 2 heterocycles. The highest BCUT2D eigenvalue weighted by atomic mass is 16.7. The Morgan fingerprint density at radius 3 is 2.23 bits per heavy atom. The molecule has 1 aromatic rings. The summed E-state index contributed by atoms with van der Waals surface area (Å²) < 4.78 is 0. The van der Waals surface area contributed by atoms with E-state index >= 15 is 0 Å².